The van der Waals surface area contributed by atoms with E-state index in [0.29, 0.717) is 0 Å². The second kappa shape index (κ2) is 4.94. The molecule has 1 atom stereocenters. The van der Waals surface area contributed by atoms with Crippen LogP contribution < -0.4 is 5.32 Å². The summed E-state index contributed by atoms with van der Waals surface area (Å²) < 4.78 is 22.5. The molecule has 2 rings (SSSR count). The molecule has 0 saturated heterocycles. The predicted molar refractivity (Wildman–Crippen MR) is 74.5 cm³/mol. The Morgan fingerprint density at radius 3 is 2.72 bits per heavy atom. The molecule has 0 aliphatic rings. The first-order valence-corrected chi connectivity index (χ1v) is 7.80. The van der Waals surface area contributed by atoms with Gasteiger partial charge < -0.3 is 5.32 Å². The van der Waals surface area contributed by atoms with Crippen molar-refractivity contribution in [3.05, 3.63) is 36.5 Å². The molecular formula is C13H16N2O2S. The third-order valence-corrected chi connectivity index (χ3v) is 3.69. The summed E-state index contributed by atoms with van der Waals surface area (Å²) in [7, 11) is -2.98. The van der Waals surface area contributed by atoms with Gasteiger partial charge in [0.2, 0.25) is 0 Å². The second-order valence-electron chi connectivity index (χ2n) is 4.52. The molecule has 1 aromatic heterocycles. The van der Waals surface area contributed by atoms with Crippen molar-refractivity contribution in [2.45, 2.75) is 13.0 Å². The van der Waals surface area contributed by atoms with Crippen LogP contribution in [-0.2, 0) is 9.84 Å². The Hall–Kier alpha value is -1.62. The van der Waals surface area contributed by atoms with Gasteiger partial charge in [0.25, 0.3) is 0 Å². The van der Waals surface area contributed by atoms with Crippen molar-refractivity contribution in [3.63, 3.8) is 0 Å². The van der Waals surface area contributed by atoms with Gasteiger partial charge in [-0.25, -0.2) is 8.42 Å². The Morgan fingerprint density at radius 1 is 1.28 bits per heavy atom. The molecule has 4 nitrogen and oxygen atoms in total. The Kier molecular flexibility index (Phi) is 3.52. The number of para-hydroxylation sites is 1. The molecule has 1 aromatic carbocycles. The van der Waals surface area contributed by atoms with Crippen molar-refractivity contribution in [1.29, 1.82) is 0 Å². The van der Waals surface area contributed by atoms with Gasteiger partial charge in [0.1, 0.15) is 9.84 Å². The first-order valence-electron chi connectivity index (χ1n) is 5.74. The maximum atomic E-state index is 11.2. The van der Waals surface area contributed by atoms with E-state index >= 15 is 0 Å². The molecular weight excluding hydrogens is 248 g/mol. The molecule has 2 aromatic rings. The number of benzene rings is 1. The summed E-state index contributed by atoms with van der Waals surface area (Å²) >= 11 is 0. The zero-order valence-electron chi connectivity index (χ0n) is 10.4. The molecule has 96 valence electrons. The maximum Gasteiger partial charge on any atom is 0.149 e. The lowest BCUT2D eigenvalue weighted by molar-refractivity contribution is 0.598. The highest BCUT2D eigenvalue weighted by Gasteiger charge is 2.11. The monoisotopic (exact) mass is 264 g/mol. The van der Waals surface area contributed by atoms with Gasteiger partial charge in [0.05, 0.1) is 17.0 Å². The Morgan fingerprint density at radius 2 is 2.00 bits per heavy atom. The molecule has 0 radical (unpaired) electrons. The van der Waals surface area contributed by atoms with E-state index in [9.17, 15) is 8.42 Å². The number of nitrogens with one attached hydrogen (secondary N) is 1. The van der Waals surface area contributed by atoms with Gasteiger partial charge in [-0.3, -0.25) is 4.98 Å². The van der Waals surface area contributed by atoms with Crippen molar-refractivity contribution in [2.24, 2.45) is 0 Å². The molecule has 1 N–H and O–H groups in total. The number of fused-ring (bicyclic) bond motifs is 1. The van der Waals surface area contributed by atoms with E-state index < -0.39 is 9.84 Å². The highest BCUT2D eigenvalue weighted by atomic mass is 32.2. The first-order chi connectivity index (χ1) is 8.46. The van der Waals surface area contributed by atoms with Gasteiger partial charge in [0, 0.05) is 23.9 Å². The number of hydrogen-bond acceptors (Lipinski definition) is 4. The van der Waals surface area contributed by atoms with Crippen LogP contribution in [0.15, 0.2) is 36.5 Å². The SMILES string of the molecule is CC(CS(C)(=O)=O)Nc1cccc2cccnc12. The number of anilines is 1. The van der Waals surface area contributed by atoms with Crippen LogP contribution in [0.3, 0.4) is 0 Å². The smallest absolute Gasteiger partial charge is 0.149 e. The normalized spacial score (nSPS) is 13.4. The summed E-state index contributed by atoms with van der Waals surface area (Å²) in [4.78, 5) is 4.32. The van der Waals surface area contributed by atoms with Crippen molar-refractivity contribution >= 4 is 26.4 Å². The van der Waals surface area contributed by atoms with Crippen molar-refractivity contribution < 1.29 is 8.42 Å². The van der Waals surface area contributed by atoms with E-state index in [4.69, 9.17) is 0 Å². The number of nitrogens with zero attached hydrogens (tertiary/aromatic N) is 1. The summed E-state index contributed by atoms with van der Waals surface area (Å²) in [6.45, 7) is 1.85. The summed E-state index contributed by atoms with van der Waals surface area (Å²) in [6, 6.07) is 9.54. The summed E-state index contributed by atoms with van der Waals surface area (Å²) in [5.41, 5.74) is 1.73. The van der Waals surface area contributed by atoms with Crippen LogP contribution >= 0.6 is 0 Å². The second-order valence-corrected chi connectivity index (χ2v) is 6.70. The quantitative estimate of drug-likeness (QED) is 0.918. The molecule has 0 saturated carbocycles. The third-order valence-electron chi connectivity index (χ3n) is 2.59. The lowest BCUT2D eigenvalue weighted by Crippen LogP contribution is -2.25. The summed E-state index contributed by atoms with van der Waals surface area (Å²) in [5, 5.41) is 4.24. The fourth-order valence-electron chi connectivity index (χ4n) is 1.98. The van der Waals surface area contributed by atoms with E-state index in [0.717, 1.165) is 16.6 Å². The highest BCUT2D eigenvalue weighted by Crippen LogP contribution is 2.21. The molecule has 0 spiro atoms. The minimum atomic E-state index is -2.98. The minimum absolute atomic E-state index is 0.107. The molecule has 0 bridgehead atoms. The summed E-state index contributed by atoms with van der Waals surface area (Å²) in [6.07, 6.45) is 2.97. The van der Waals surface area contributed by atoms with E-state index in [1.165, 1.54) is 6.26 Å². The largest absolute Gasteiger partial charge is 0.380 e. The highest BCUT2D eigenvalue weighted by molar-refractivity contribution is 7.90. The van der Waals surface area contributed by atoms with E-state index in [-0.39, 0.29) is 11.8 Å². The molecule has 0 fully saturated rings. The van der Waals surface area contributed by atoms with Crippen molar-refractivity contribution in [1.82, 2.24) is 4.98 Å². The van der Waals surface area contributed by atoms with Crippen LogP contribution in [0.2, 0.25) is 0 Å². The average Bonchev–Trinajstić information content (AvgIpc) is 2.27. The minimum Gasteiger partial charge on any atom is -0.380 e. The maximum absolute atomic E-state index is 11.2. The summed E-state index contributed by atoms with van der Waals surface area (Å²) in [5.74, 6) is 0.107. The number of pyridine rings is 1. The van der Waals surface area contributed by atoms with Crippen molar-refractivity contribution in [3.8, 4) is 0 Å². The lowest BCUT2D eigenvalue weighted by Gasteiger charge is -2.15. The number of sulfone groups is 1. The van der Waals surface area contributed by atoms with Crippen LogP contribution in [0.1, 0.15) is 6.92 Å². The van der Waals surface area contributed by atoms with Crippen LogP contribution in [0.5, 0.6) is 0 Å². The average molecular weight is 264 g/mol. The Labute approximate surface area is 107 Å². The van der Waals surface area contributed by atoms with Gasteiger partial charge in [-0.15, -0.1) is 0 Å². The third kappa shape index (κ3) is 3.20. The van der Waals surface area contributed by atoms with Crippen LogP contribution in [-0.4, -0.2) is 31.5 Å². The van der Waals surface area contributed by atoms with Gasteiger partial charge in [0.15, 0.2) is 0 Å². The first kappa shape index (κ1) is 12.8. The van der Waals surface area contributed by atoms with E-state index in [2.05, 4.69) is 10.3 Å². The van der Waals surface area contributed by atoms with Crippen LogP contribution in [0.4, 0.5) is 5.69 Å². The molecule has 0 amide bonds. The lowest BCUT2D eigenvalue weighted by atomic mass is 10.2. The van der Waals surface area contributed by atoms with Gasteiger partial charge in [-0.1, -0.05) is 18.2 Å². The zero-order valence-corrected chi connectivity index (χ0v) is 11.2. The Bertz CT molecular complexity index is 648. The predicted octanol–water partition coefficient (Wildman–Crippen LogP) is 2.08. The van der Waals surface area contributed by atoms with Crippen LogP contribution in [0.25, 0.3) is 10.9 Å². The molecule has 0 aliphatic carbocycles. The molecule has 0 aliphatic heterocycles. The fraction of sp³-hybridized carbons (Fsp3) is 0.308. The topological polar surface area (TPSA) is 59.1 Å². The molecule has 5 heteroatoms. The van der Waals surface area contributed by atoms with Gasteiger partial charge in [-0.05, 0) is 19.1 Å². The number of aromatic nitrogens is 1. The van der Waals surface area contributed by atoms with Gasteiger partial charge >= 0.3 is 0 Å². The fourth-order valence-corrected chi connectivity index (χ4v) is 2.97. The molecule has 1 heterocycles. The molecule has 18 heavy (non-hydrogen) atoms. The standard InChI is InChI=1S/C13H16N2O2S/c1-10(9-18(2,16)17)15-12-7-3-5-11-6-4-8-14-13(11)12/h3-8,10,15H,9H2,1-2H3. The molecule has 1 unspecified atom stereocenters. The Balaban J connectivity index is 2.27. The zero-order chi connectivity index (χ0) is 13.2. The number of hydrogen-bond donors (Lipinski definition) is 1. The van der Waals surface area contributed by atoms with E-state index in [1.54, 1.807) is 6.20 Å². The van der Waals surface area contributed by atoms with Crippen LogP contribution in [0, 0.1) is 0 Å². The number of rotatable bonds is 4. The van der Waals surface area contributed by atoms with Gasteiger partial charge in [-0.2, -0.15) is 0 Å². The van der Waals surface area contributed by atoms with E-state index in [1.807, 2.05) is 37.3 Å². The van der Waals surface area contributed by atoms with Crippen molar-refractivity contribution in [2.75, 3.05) is 17.3 Å².